The SMILES string of the molecule is CC.CC(C)N1CCCn2nc(C(=O)N3CCCC3)cc2C1. The lowest BCUT2D eigenvalue weighted by atomic mass is 10.2. The van der Waals surface area contributed by atoms with Gasteiger partial charge in [-0.3, -0.25) is 14.4 Å². The van der Waals surface area contributed by atoms with E-state index in [1.807, 2.05) is 29.5 Å². The standard InChI is InChI=1S/C15H24N4O.C2H6/c1-12(2)18-8-5-9-19-13(11-18)10-14(16-19)15(20)17-6-3-4-7-17;1-2/h10,12H,3-9,11H2,1-2H3;1-2H3. The minimum Gasteiger partial charge on any atom is -0.337 e. The molecule has 0 bridgehead atoms. The molecule has 3 rings (SSSR count). The maximum absolute atomic E-state index is 12.4. The van der Waals surface area contributed by atoms with Crippen molar-refractivity contribution in [3.63, 3.8) is 0 Å². The maximum Gasteiger partial charge on any atom is 0.274 e. The van der Waals surface area contributed by atoms with E-state index in [2.05, 4.69) is 23.8 Å². The number of aromatic nitrogens is 2. The number of carbonyl (C=O) groups is 1. The van der Waals surface area contributed by atoms with Gasteiger partial charge in [0.25, 0.3) is 5.91 Å². The fraction of sp³-hybridized carbons (Fsp3) is 0.765. The molecule has 0 aromatic carbocycles. The van der Waals surface area contributed by atoms with E-state index >= 15 is 0 Å². The second-order valence-corrected chi connectivity index (χ2v) is 6.16. The Labute approximate surface area is 134 Å². The van der Waals surface area contributed by atoms with Crippen LogP contribution >= 0.6 is 0 Å². The number of carbonyl (C=O) groups excluding carboxylic acids is 1. The van der Waals surface area contributed by atoms with Gasteiger partial charge < -0.3 is 4.90 Å². The summed E-state index contributed by atoms with van der Waals surface area (Å²) in [6.45, 7) is 13.2. The summed E-state index contributed by atoms with van der Waals surface area (Å²) >= 11 is 0. The van der Waals surface area contributed by atoms with E-state index in [1.165, 1.54) is 5.69 Å². The summed E-state index contributed by atoms with van der Waals surface area (Å²) in [4.78, 5) is 16.8. The molecule has 0 unspecified atom stereocenters. The molecule has 1 aromatic rings. The van der Waals surface area contributed by atoms with Crippen LogP contribution in [-0.4, -0.2) is 51.2 Å². The molecule has 0 aliphatic carbocycles. The van der Waals surface area contributed by atoms with Crippen molar-refractivity contribution in [2.75, 3.05) is 19.6 Å². The fourth-order valence-corrected chi connectivity index (χ4v) is 3.11. The third kappa shape index (κ3) is 3.69. The van der Waals surface area contributed by atoms with Crippen molar-refractivity contribution < 1.29 is 4.79 Å². The van der Waals surface area contributed by atoms with Crippen molar-refractivity contribution in [2.45, 2.75) is 66.1 Å². The lowest BCUT2D eigenvalue weighted by molar-refractivity contribution is 0.0786. The predicted molar refractivity (Wildman–Crippen MR) is 88.9 cm³/mol. The van der Waals surface area contributed by atoms with Crippen LogP contribution in [0.3, 0.4) is 0 Å². The van der Waals surface area contributed by atoms with Crippen molar-refractivity contribution in [3.05, 3.63) is 17.5 Å². The zero-order chi connectivity index (χ0) is 16.1. The lowest BCUT2D eigenvalue weighted by Gasteiger charge is -2.23. The van der Waals surface area contributed by atoms with Gasteiger partial charge in [0.1, 0.15) is 0 Å². The molecule has 0 radical (unpaired) electrons. The van der Waals surface area contributed by atoms with Crippen molar-refractivity contribution in [3.8, 4) is 0 Å². The Morgan fingerprint density at radius 2 is 1.77 bits per heavy atom. The highest BCUT2D eigenvalue weighted by Crippen LogP contribution is 2.18. The lowest BCUT2D eigenvalue weighted by Crippen LogP contribution is -2.30. The summed E-state index contributed by atoms with van der Waals surface area (Å²) in [6, 6.07) is 2.54. The normalized spacial score (nSPS) is 18.7. The first kappa shape index (κ1) is 17.0. The molecule has 0 spiro atoms. The summed E-state index contributed by atoms with van der Waals surface area (Å²) in [7, 11) is 0. The third-order valence-electron chi connectivity index (χ3n) is 4.39. The second kappa shape index (κ2) is 7.77. The predicted octanol–water partition coefficient (Wildman–Crippen LogP) is 2.76. The molecular formula is C17H30N4O. The number of rotatable bonds is 2. The second-order valence-electron chi connectivity index (χ2n) is 6.16. The zero-order valence-electron chi connectivity index (χ0n) is 14.5. The average molecular weight is 306 g/mol. The van der Waals surface area contributed by atoms with Crippen LogP contribution in [0.25, 0.3) is 0 Å². The van der Waals surface area contributed by atoms with Gasteiger partial charge in [-0.05, 0) is 39.2 Å². The summed E-state index contributed by atoms with van der Waals surface area (Å²) in [5.41, 5.74) is 1.81. The van der Waals surface area contributed by atoms with Gasteiger partial charge in [-0.15, -0.1) is 0 Å². The smallest absolute Gasteiger partial charge is 0.274 e. The van der Waals surface area contributed by atoms with Gasteiger partial charge in [0.15, 0.2) is 5.69 Å². The van der Waals surface area contributed by atoms with Gasteiger partial charge in [-0.2, -0.15) is 5.10 Å². The molecule has 3 heterocycles. The Bertz CT molecular complexity index is 489. The topological polar surface area (TPSA) is 41.4 Å². The van der Waals surface area contributed by atoms with E-state index in [0.29, 0.717) is 11.7 Å². The number of hydrogen-bond acceptors (Lipinski definition) is 3. The van der Waals surface area contributed by atoms with E-state index in [-0.39, 0.29) is 5.91 Å². The van der Waals surface area contributed by atoms with Crippen LogP contribution in [0.4, 0.5) is 0 Å². The summed E-state index contributed by atoms with van der Waals surface area (Å²) < 4.78 is 2.03. The van der Waals surface area contributed by atoms with Crippen LogP contribution in [0, 0.1) is 0 Å². The van der Waals surface area contributed by atoms with E-state index in [9.17, 15) is 4.79 Å². The number of aryl methyl sites for hydroxylation is 1. The quantitative estimate of drug-likeness (QED) is 0.843. The van der Waals surface area contributed by atoms with Gasteiger partial charge in [0.05, 0.1) is 5.69 Å². The Morgan fingerprint density at radius 3 is 2.41 bits per heavy atom. The van der Waals surface area contributed by atoms with Crippen molar-refractivity contribution in [2.24, 2.45) is 0 Å². The van der Waals surface area contributed by atoms with Crippen LogP contribution in [0.1, 0.15) is 63.1 Å². The molecule has 124 valence electrons. The Balaban J connectivity index is 0.000000847. The molecular weight excluding hydrogens is 276 g/mol. The average Bonchev–Trinajstić information content (AvgIpc) is 3.14. The van der Waals surface area contributed by atoms with Crippen LogP contribution < -0.4 is 0 Å². The number of fused-ring (bicyclic) bond motifs is 1. The molecule has 22 heavy (non-hydrogen) atoms. The molecule has 2 aliphatic heterocycles. The molecule has 1 amide bonds. The van der Waals surface area contributed by atoms with Gasteiger partial charge in [-0.25, -0.2) is 0 Å². The number of amides is 1. The highest BCUT2D eigenvalue weighted by molar-refractivity contribution is 5.92. The Kier molecular flexibility index (Phi) is 6.00. The van der Waals surface area contributed by atoms with E-state index in [0.717, 1.165) is 52.0 Å². The zero-order valence-corrected chi connectivity index (χ0v) is 14.5. The van der Waals surface area contributed by atoms with Crippen molar-refractivity contribution in [1.29, 1.82) is 0 Å². The molecule has 0 N–H and O–H groups in total. The van der Waals surface area contributed by atoms with Gasteiger partial charge >= 0.3 is 0 Å². The van der Waals surface area contributed by atoms with Crippen LogP contribution in [0.5, 0.6) is 0 Å². The molecule has 5 nitrogen and oxygen atoms in total. The van der Waals surface area contributed by atoms with Gasteiger partial charge in [0, 0.05) is 38.8 Å². The fourth-order valence-electron chi connectivity index (χ4n) is 3.11. The van der Waals surface area contributed by atoms with Gasteiger partial charge in [0.2, 0.25) is 0 Å². The Hall–Kier alpha value is -1.36. The highest BCUT2D eigenvalue weighted by Gasteiger charge is 2.25. The van der Waals surface area contributed by atoms with Crippen molar-refractivity contribution in [1.82, 2.24) is 19.6 Å². The summed E-state index contributed by atoms with van der Waals surface area (Å²) in [5, 5.41) is 4.55. The van der Waals surface area contributed by atoms with Crippen molar-refractivity contribution >= 4 is 5.91 Å². The Morgan fingerprint density at radius 1 is 1.09 bits per heavy atom. The molecule has 1 fully saturated rings. The van der Waals surface area contributed by atoms with Crippen LogP contribution in [0.2, 0.25) is 0 Å². The summed E-state index contributed by atoms with van der Waals surface area (Å²) in [5.74, 6) is 0.110. The molecule has 2 aliphatic rings. The first-order chi connectivity index (χ1) is 10.6. The first-order valence-corrected chi connectivity index (χ1v) is 8.75. The van der Waals surface area contributed by atoms with Gasteiger partial charge in [-0.1, -0.05) is 13.8 Å². The third-order valence-corrected chi connectivity index (χ3v) is 4.39. The van der Waals surface area contributed by atoms with Crippen LogP contribution in [0.15, 0.2) is 6.07 Å². The van der Waals surface area contributed by atoms with E-state index in [4.69, 9.17) is 0 Å². The molecule has 5 heteroatoms. The maximum atomic E-state index is 12.4. The van der Waals surface area contributed by atoms with E-state index < -0.39 is 0 Å². The molecule has 0 atom stereocenters. The van der Waals surface area contributed by atoms with Crippen LogP contribution in [-0.2, 0) is 13.1 Å². The van der Waals surface area contributed by atoms with E-state index in [1.54, 1.807) is 0 Å². The molecule has 1 aromatic heterocycles. The number of hydrogen-bond donors (Lipinski definition) is 0. The minimum absolute atomic E-state index is 0.110. The number of nitrogens with zero attached hydrogens (tertiary/aromatic N) is 4. The number of likely N-dealkylation sites (tertiary alicyclic amines) is 1. The monoisotopic (exact) mass is 306 g/mol. The summed E-state index contributed by atoms with van der Waals surface area (Å²) in [6.07, 6.45) is 3.35. The largest absolute Gasteiger partial charge is 0.337 e. The minimum atomic E-state index is 0.110. The molecule has 1 saturated heterocycles. The highest BCUT2D eigenvalue weighted by atomic mass is 16.2. The molecule has 0 saturated carbocycles. The first-order valence-electron chi connectivity index (χ1n) is 8.75.